The number of nitrogens with zero attached hydrogens (tertiary/aromatic N) is 1. The van der Waals surface area contributed by atoms with Gasteiger partial charge in [-0.25, -0.2) is 0 Å². The Morgan fingerprint density at radius 3 is 2.85 bits per heavy atom. The van der Waals surface area contributed by atoms with Crippen molar-refractivity contribution in [2.24, 2.45) is 5.73 Å². The van der Waals surface area contributed by atoms with E-state index in [4.69, 9.17) is 22.6 Å². The molecular formula is C10H11ClN2. The number of halogens is 1. The van der Waals surface area contributed by atoms with E-state index in [1.165, 1.54) is 0 Å². The number of nitriles is 1. The molecule has 0 amide bonds. The smallest absolute Gasteiger partial charge is 0.0641 e. The van der Waals surface area contributed by atoms with Gasteiger partial charge in [-0.3, -0.25) is 0 Å². The second-order valence-corrected chi connectivity index (χ2v) is 3.41. The first-order valence-corrected chi connectivity index (χ1v) is 4.41. The lowest BCUT2D eigenvalue weighted by Gasteiger charge is -2.11. The fraction of sp³-hybridized carbons (Fsp3) is 0.300. The second kappa shape index (κ2) is 4.27. The number of hydrogen-bond acceptors (Lipinski definition) is 2. The summed E-state index contributed by atoms with van der Waals surface area (Å²) in [6.45, 7) is 1.94. The molecule has 1 aromatic carbocycles. The summed E-state index contributed by atoms with van der Waals surface area (Å²) >= 11 is 5.79. The van der Waals surface area contributed by atoms with E-state index in [2.05, 4.69) is 0 Å². The third-order valence-electron chi connectivity index (χ3n) is 1.94. The molecule has 0 aromatic heterocycles. The third-order valence-corrected chi connectivity index (χ3v) is 2.18. The Labute approximate surface area is 82.9 Å². The van der Waals surface area contributed by atoms with Crippen molar-refractivity contribution in [2.45, 2.75) is 19.4 Å². The highest BCUT2D eigenvalue weighted by Gasteiger charge is 2.07. The molecule has 13 heavy (non-hydrogen) atoms. The normalized spacial score (nSPS) is 12.2. The van der Waals surface area contributed by atoms with Crippen LogP contribution in [0.2, 0.25) is 5.02 Å². The van der Waals surface area contributed by atoms with Gasteiger partial charge in [-0.15, -0.1) is 0 Å². The molecule has 0 aliphatic carbocycles. The van der Waals surface area contributed by atoms with E-state index in [0.717, 1.165) is 11.1 Å². The minimum Gasteiger partial charge on any atom is -0.323 e. The van der Waals surface area contributed by atoms with Crippen LogP contribution in [0.4, 0.5) is 0 Å². The molecule has 0 fully saturated rings. The highest BCUT2D eigenvalue weighted by Crippen LogP contribution is 2.21. The molecule has 0 aliphatic rings. The molecule has 0 bridgehead atoms. The van der Waals surface area contributed by atoms with Gasteiger partial charge in [-0.2, -0.15) is 5.26 Å². The van der Waals surface area contributed by atoms with Crippen LogP contribution in [0.25, 0.3) is 0 Å². The highest BCUT2D eigenvalue weighted by atomic mass is 35.5. The van der Waals surface area contributed by atoms with E-state index in [9.17, 15) is 0 Å². The molecule has 3 heteroatoms. The number of hydrogen-bond donors (Lipinski definition) is 1. The van der Waals surface area contributed by atoms with Gasteiger partial charge in [0.1, 0.15) is 0 Å². The minimum atomic E-state index is -0.206. The largest absolute Gasteiger partial charge is 0.323 e. The summed E-state index contributed by atoms with van der Waals surface area (Å²) in [5.41, 5.74) is 7.82. The summed E-state index contributed by atoms with van der Waals surface area (Å²) in [7, 11) is 0. The van der Waals surface area contributed by atoms with Crippen LogP contribution in [-0.4, -0.2) is 0 Å². The molecular weight excluding hydrogens is 184 g/mol. The zero-order valence-corrected chi connectivity index (χ0v) is 8.17. The molecule has 0 spiro atoms. The molecule has 68 valence electrons. The van der Waals surface area contributed by atoms with Gasteiger partial charge in [0, 0.05) is 11.1 Å². The maximum Gasteiger partial charge on any atom is 0.0641 e. The Morgan fingerprint density at radius 2 is 2.31 bits per heavy atom. The summed E-state index contributed by atoms with van der Waals surface area (Å²) in [5, 5.41) is 9.19. The molecule has 1 aromatic rings. The second-order valence-electron chi connectivity index (χ2n) is 2.97. The van der Waals surface area contributed by atoms with Crippen LogP contribution >= 0.6 is 11.6 Å². The molecule has 0 heterocycles. The molecule has 0 radical (unpaired) electrons. The first kappa shape index (κ1) is 10.0. The Bertz CT molecular complexity index is 341. The monoisotopic (exact) mass is 194 g/mol. The Morgan fingerprint density at radius 1 is 1.62 bits per heavy atom. The van der Waals surface area contributed by atoms with Crippen molar-refractivity contribution in [3.8, 4) is 6.07 Å². The molecule has 1 rings (SSSR count). The van der Waals surface area contributed by atoms with Crippen LogP contribution < -0.4 is 5.73 Å². The van der Waals surface area contributed by atoms with Gasteiger partial charge in [0.05, 0.1) is 12.5 Å². The van der Waals surface area contributed by atoms with Crippen molar-refractivity contribution < 1.29 is 0 Å². The van der Waals surface area contributed by atoms with Crippen LogP contribution in [0.3, 0.4) is 0 Å². The highest BCUT2D eigenvalue weighted by molar-refractivity contribution is 6.30. The summed E-state index contributed by atoms with van der Waals surface area (Å²) < 4.78 is 0. The summed E-state index contributed by atoms with van der Waals surface area (Å²) in [4.78, 5) is 0. The number of aryl methyl sites for hydroxylation is 1. The molecule has 2 N–H and O–H groups in total. The number of nitrogens with two attached hydrogens (primary N) is 1. The predicted octanol–water partition coefficient (Wildman–Crippen LogP) is 2.56. The summed E-state index contributed by atoms with van der Waals surface area (Å²) in [6.07, 6.45) is 0.336. The molecule has 0 saturated carbocycles. The lowest BCUT2D eigenvalue weighted by Crippen LogP contribution is -2.10. The molecule has 0 saturated heterocycles. The predicted molar refractivity (Wildman–Crippen MR) is 53.3 cm³/mol. The quantitative estimate of drug-likeness (QED) is 0.787. The van der Waals surface area contributed by atoms with E-state index < -0.39 is 0 Å². The Balaban J connectivity index is 2.96. The molecule has 0 aliphatic heterocycles. The van der Waals surface area contributed by atoms with E-state index >= 15 is 0 Å². The van der Waals surface area contributed by atoms with Crippen molar-refractivity contribution in [3.05, 3.63) is 34.3 Å². The molecule has 2 nitrogen and oxygen atoms in total. The van der Waals surface area contributed by atoms with Crippen LogP contribution in [-0.2, 0) is 0 Å². The van der Waals surface area contributed by atoms with Crippen LogP contribution in [0, 0.1) is 18.3 Å². The van der Waals surface area contributed by atoms with Gasteiger partial charge >= 0.3 is 0 Å². The summed E-state index contributed by atoms with van der Waals surface area (Å²) in [6, 6.07) is 7.37. The van der Waals surface area contributed by atoms with Gasteiger partial charge in [0.15, 0.2) is 0 Å². The van der Waals surface area contributed by atoms with Crippen LogP contribution in [0.15, 0.2) is 18.2 Å². The van der Waals surface area contributed by atoms with Gasteiger partial charge in [0.25, 0.3) is 0 Å². The zero-order valence-electron chi connectivity index (χ0n) is 7.42. The van der Waals surface area contributed by atoms with E-state index in [0.29, 0.717) is 11.4 Å². The first-order chi connectivity index (χ1) is 6.15. The van der Waals surface area contributed by atoms with Crippen molar-refractivity contribution >= 4 is 11.6 Å². The molecule has 1 atom stereocenters. The fourth-order valence-electron chi connectivity index (χ4n) is 1.26. The third kappa shape index (κ3) is 2.45. The first-order valence-electron chi connectivity index (χ1n) is 4.03. The van der Waals surface area contributed by atoms with Crippen molar-refractivity contribution in [1.82, 2.24) is 0 Å². The lowest BCUT2D eigenvalue weighted by molar-refractivity contribution is 0.742. The topological polar surface area (TPSA) is 49.8 Å². The maximum absolute atomic E-state index is 8.49. The van der Waals surface area contributed by atoms with E-state index in [1.54, 1.807) is 6.07 Å². The van der Waals surface area contributed by atoms with E-state index in [-0.39, 0.29) is 6.04 Å². The van der Waals surface area contributed by atoms with E-state index in [1.807, 2.05) is 25.1 Å². The Kier molecular flexibility index (Phi) is 3.30. The van der Waals surface area contributed by atoms with Gasteiger partial charge in [-0.05, 0) is 30.2 Å². The average molecular weight is 195 g/mol. The fourth-order valence-corrected chi connectivity index (χ4v) is 1.49. The van der Waals surface area contributed by atoms with Crippen molar-refractivity contribution in [2.75, 3.05) is 0 Å². The minimum absolute atomic E-state index is 0.206. The Hall–Kier alpha value is -1.04. The van der Waals surface area contributed by atoms with Crippen LogP contribution in [0.5, 0.6) is 0 Å². The van der Waals surface area contributed by atoms with Gasteiger partial charge < -0.3 is 5.73 Å². The lowest BCUT2D eigenvalue weighted by atomic mass is 10.0. The SMILES string of the molecule is Cc1cc(Cl)ccc1[C@@H](N)CC#N. The zero-order chi connectivity index (χ0) is 9.84. The van der Waals surface area contributed by atoms with Gasteiger partial charge in [0.2, 0.25) is 0 Å². The number of benzene rings is 1. The maximum atomic E-state index is 8.49. The summed E-state index contributed by atoms with van der Waals surface area (Å²) in [5.74, 6) is 0. The van der Waals surface area contributed by atoms with Crippen LogP contribution in [0.1, 0.15) is 23.6 Å². The van der Waals surface area contributed by atoms with Crippen molar-refractivity contribution in [3.63, 3.8) is 0 Å². The van der Waals surface area contributed by atoms with Crippen molar-refractivity contribution in [1.29, 1.82) is 5.26 Å². The number of rotatable bonds is 2. The van der Waals surface area contributed by atoms with Gasteiger partial charge in [-0.1, -0.05) is 17.7 Å². The standard InChI is InChI=1S/C10H11ClN2/c1-7-6-8(11)2-3-9(7)10(13)4-5-12/h2-3,6,10H,4,13H2,1H3/t10-/m0/s1. The molecule has 0 unspecified atom stereocenters. The average Bonchev–Trinajstić information content (AvgIpc) is 2.04.